The van der Waals surface area contributed by atoms with E-state index in [1.807, 2.05) is 0 Å². The van der Waals surface area contributed by atoms with Crippen molar-refractivity contribution in [3.63, 3.8) is 0 Å². The molecule has 0 rings (SSSR count). The van der Waals surface area contributed by atoms with Crippen LogP contribution in [0.4, 0.5) is 0 Å². The van der Waals surface area contributed by atoms with Gasteiger partial charge in [0.1, 0.15) is 0 Å². The molecule has 0 aliphatic heterocycles. The Balaban J connectivity index is -0.000000180. The van der Waals surface area contributed by atoms with Crippen molar-refractivity contribution in [2.24, 2.45) is 0 Å². The first-order valence-corrected chi connectivity index (χ1v) is 2.61. The van der Waals surface area contributed by atoms with Crippen molar-refractivity contribution in [3.05, 3.63) is 0 Å². The largest absolute Gasteiger partial charge is 0.480 e. The molecule has 0 spiro atoms. The molecule has 9 heavy (non-hydrogen) atoms. The molecule has 1 radical (unpaired) electrons. The Morgan fingerprint density at radius 1 is 1.78 bits per heavy atom. The van der Waals surface area contributed by atoms with Crippen molar-refractivity contribution in [1.82, 2.24) is 0 Å². The molecule has 1 unspecified atom stereocenters. The molecular weight excluding hydrogens is 188 g/mol. The minimum atomic E-state index is -0.842. The van der Waals surface area contributed by atoms with Gasteiger partial charge in [0, 0.05) is 17.1 Å². The molecule has 0 aliphatic carbocycles. The zero-order chi connectivity index (χ0) is 5.86. The van der Waals surface area contributed by atoms with E-state index in [4.69, 9.17) is 5.11 Å². The van der Waals surface area contributed by atoms with Crippen LogP contribution in [0.15, 0.2) is 0 Å². The summed E-state index contributed by atoms with van der Waals surface area (Å²) in [7, 11) is 0. The van der Waals surface area contributed by atoms with Gasteiger partial charge in [-0.05, 0) is 6.42 Å². The molecule has 0 saturated heterocycles. The van der Waals surface area contributed by atoms with Gasteiger partial charge in [-0.1, -0.05) is 14.4 Å². The Bertz CT molecular complexity index is 77.4. The maximum Gasteiger partial charge on any atom is 0.316 e. The van der Waals surface area contributed by atoms with Crippen molar-refractivity contribution < 1.29 is 27.0 Å². The molecule has 0 aliphatic rings. The zero-order valence-electron chi connectivity index (χ0n) is 4.39. The number of carboxylic acids is 1. The van der Waals surface area contributed by atoms with Gasteiger partial charge in [-0.15, -0.1) is 0 Å². The maximum absolute atomic E-state index is 9.85. The van der Waals surface area contributed by atoms with Crippen molar-refractivity contribution in [1.29, 1.82) is 0 Å². The predicted octanol–water partition coefficient (Wildman–Crippen LogP) is 1.41. The second-order valence-corrected chi connectivity index (χ2v) is 1.89. The van der Waals surface area contributed by atoms with Crippen LogP contribution in [-0.2, 0) is 21.9 Å². The molecule has 0 aromatic heterocycles. The average Bonchev–Trinajstić information content (AvgIpc) is 1.65. The molecule has 0 heterocycles. The number of carbonyl (C=O) groups is 1. The zero-order valence-corrected chi connectivity index (χ0v) is 6.22. The van der Waals surface area contributed by atoms with Crippen molar-refractivity contribution >= 4 is 18.6 Å². The third-order valence-corrected chi connectivity index (χ3v) is 1.26. The van der Waals surface area contributed by atoms with Gasteiger partial charge in [0.25, 0.3) is 0 Å². The van der Waals surface area contributed by atoms with Crippen LogP contribution in [0.2, 0.25) is 0 Å². The van der Waals surface area contributed by atoms with Gasteiger partial charge in [0.2, 0.25) is 0 Å². The number of aliphatic carboxylic acids is 1. The smallest absolute Gasteiger partial charge is 0.316 e. The van der Waals surface area contributed by atoms with Crippen molar-refractivity contribution in [3.8, 4) is 0 Å². The van der Waals surface area contributed by atoms with Crippen LogP contribution < -0.4 is 0 Å². The molecule has 0 bridgehead atoms. The fourth-order valence-electron chi connectivity index (χ4n) is 0.175. The molecule has 0 aromatic carbocycles. The molecule has 0 aromatic rings. The molecule has 0 fully saturated rings. The topological polar surface area (TPSA) is 37.3 Å². The van der Waals surface area contributed by atoms with Crippen molar-refractivity contribution in [2.75, 3.05) is 0 Å². The third kappa shape index (κ3) is 8.34. The first-order chi connectivity index (χ1) is 3.18. The fourth-order valence-corrected chi connectivity index (χ4v) is 0.175. The number of carboxylic acid groups (broad SMARTS) is 1. The number of hydrogen-bond acceptors (Lipinski definition) is 2. The molecule has 1 N–H and O–H groups in total. The molecule has 2 nitrogen and oxygen atoms in total. The summed E-state index contributed by atoms with van der Waals surface area (Å²) < 4.78 is 0. The Morgan fingerprint density at radius 3 is 2.11 bits per heavy atom. The summed E-state index contributed by atoms with van der Waals surface area (Å²) in [5, 5.41) is 7.62. The van der Waals surface area contributed by atoms with Gasteiger partial charge in [0.05, 0.1) is 5.25 Å². The summed E-state index contributed by atoms with van der Waals surface area (Å²) in [5.74, 6) is -0.842. The van der Waals surface area contributed by atoms with Crippen LogP contribution in [0.3, 0.4) is 0 Å². The number of hydrogen-bond donors (Lipinski definition) is 2. The second-order valence-electron chi connectivity index (χ2n) is 1.26. The molecule has 0 amide bonds. The summed E-state index contributed by atoms with van der Waals surface area (Å²) in [4.78, 5) is 9.85. The Morgan fingerprint density at radius 2 is 2.11 bits per heavy atom. The van der Waals surface area contributed by atoms with E-state index in [1.165, 1.54) is 0 Å². The number of rotatable bonds is 2. The molecule has 61 valence electrons. The van der Waals surface area contributed by atoms with Gasteiger partial charge >= 0.3 is 5.97 Å². The maximum atomic E-state index is 9.85. The normalized spacial score (nSPS) is 10.4. The van der Waals surface area contributed by atoms with E-state index in [1.54, 1.807) is 6.92 Å². The van der Waals surface area contributed by atoms with Gasteiger partial charge in [-0.3, -0.25) is 4.79 Å². The third-order valence-electron chi connectivity index (χ3n) is 0.672. The minimum absolute atomic E-state index is 0. The monoisotopic (exact) mass is 199 g/mol. The van der Waals surface area contributed by atoms with Gasteiger partial charge < -0.3 is 5.11 Å². The molecule has 1 atom stereocenters. The Hall–Kier alpha value is 0.339. The summed E-state index contributed by atoms with van der Waals surface area (Å²) in [6.07, 6.45) is 0.582. The first kappa shape index (κ1) is 16.2. The van der Waals surface area contributed by atoms with Crippen LogP contribution in [-0.4, -0.2) is 16.3 Å². The summed E-state index contributed by atoms with van der Waals surface area (Å²) in [5.41, 5.74) is 0. The van der Waals surface area contributed by atoms with Crippen LogP contribution in [0.1, 0.15) is 20.8 Å². The van der Waals surface area contributed by atoms with Crippen LogP contribution in [0, 0.1) is 0 Å². The van der Waals surface area contributed by atoms with Crippen molar-refractivity contribution in [2.45, 2.75) is 26.0 Å². The van der Waals surface area contributed by atoms with Gasteiger partial charge in [-0.25, -0.2) is 0 Å². The summed E-state index contributed by atoms with van der Waals surface area (Å²) >= 11 is 3.73. The predicted molar refractivity (Wildman–Crippen MR) is 37.4 cm³/mol. The first-order valence-electron chi connectivity index (χ1n) is 2.09. The van der Waals surface area contributed by atoms with Crippen LogP contribution >= 0.6 is 12.6 Å². The Kier molecular flexibility index (Phi) is 15.0. The van der Waals surface area contributed by atoms with Crippen LogP contribution in [0.5, 0.6) is 0 Å². The second kappa shape index (κ2) is 8.34. The standard InChI is InChI=1S/C4H8O2S.CH4.Cu/c1-2-3(7)4(5)6;;/h3,7H,2H2,1H3,(H,5,6);1H4;. The van der Waals surface area contributed by atoms with Crippen LogP contribution in [0.25, 0.3) is 0 Å². The van der Waals surface area contributed by atoms with E-state index in [0.717, 1.165) is 0 Å². The average molecular weight is 200 g/mol. The quantitative estimate of drug-likeness (QED) is 0.522. The fraction of sp³-hybridized carbons (Fsp3) is 0.800. The van der Waals surface area contributed by atoms with E-state index in [2.05, 4.69) is 12.6 Å². The number of thiol groups is 1. The van der Waals surface area contributed by atoms with E-state index >= 15 is 0 Å². The molecular formula is C5H12CuO2S. The van der Waals surface area contributed by atoms with E-state index in [9.17, 15) is 4.79 Å². The van der Waals surface area contributed by atoms with Gasteiger partial charge in [0.15, 0.2) is 0 Å². The molecule has 0 saturated carbocycles. The summed E-state index contributed by atoms with van der Waals surface area (Å²) in [6, 6.07) is 0. The van der Waals surface area contributed by atoms with Gasteiger partial charge in [-0.2, -0.15) is 12.6 Å². The SMILES string of the molecule is C.CCC(S)C(=O)O.[Cu]. The van der Waals surface area contributed by atoms with E-state index in [0.29, 0.717) is 6.42 Å². The Labute approximate surface area is 71.9 Å². The van der Waals surface area contributed by atoms with E-state index < -0.39 is 11.2 Å². The van der Waals surface area contributed by atoms with E-state index in [-0.39, 0.29) is 24.5 Å². The summed E-state index contributed by atoms with van der Waals surface area (Å²) in [6.45, 7) is 1.78. The molecule has 4 heteroatoms. The minimum Gasteiger partial charge on any atom is -0.480 e.